The van der Waals surface area contributed by atoms with E-state index in [2.05, 4.69) is 32.8 Å². The highest BCUT2D eigenvalue weighted by atomic mass is 79.9. The molecule has 0 amide bonds. The fourth-order valence-corrected chi connectivity index (χ4v) is 2.52. The van der Waals surface area contributed by atoms with Crippen molar-refractivity contribution in [3.05, 3.63) is 16.6 Å². The number of aromatic amines is 1. The Balaban J connectivity index is 2.22. The predicted molar refractivity (Wildman–Crippen MR) is 56.7 cm³/mol. The van der Waals surface area contributed by atoms with Gasteiger partial charge in [-0.15, -0.1) is 0 Å². The molecule has 2 nitrogen and oxygen atoms in total. The van der Waals surface area contributed by atoms with Crippen LogP contribution in [0.25, 0.3) is 0 Å². The Morgan fingerprint density at radius 1 is 1.38 bits per heavy atom. The highest BCUT2D eigenvalue weighted by molar-refractivity contribution is 9.10. The molecule has 1 saturated carbocycles. The molecule has 0 atom stereocenters. The number of hydrogen-bond donors (Lipinski definition) is 1. The van der Waals surface area contributed by atoms with Gasteiger partial charge in [0.05, 0.1) is 0 Å². The van der Waals surface area contributed by atoms with Gasteiger partial charge in [0.1, 0.15) is 0 Å². The zero-order valence-electron chi connectivity index (χ0n) is 7.94. The molecule has 1 fully saturated rings. The Bertz CT molecular complexity index is 287. The van der Waals surface area contributed by atoms with Crippen LogP contribution < -0.4 is 0 Å². The van der Waals surface area contributed by atoms with Crippen molar-refractivity contribution in [1.82, 2.24) is 9.97 Å². The summed E-state index contributed by atoms with van der Waals surface area (Å²) >= 11 is 3.36. The molecule has 1 aliphatic rings. The quantitative estimate of drug-likeness (QED) is 0.804. The highest BCUT2D eigenvalue weighted by Crippen LogP contribution is 2.38. The van der Waals surface area contributed by atoms with Crippen molar-refractivity contribution >= 4 is 15.9 Å². The van der Waals surface area contributed by atoms with Gasteiger partial charge in [0, 0.05) is 17.3 Å². The molecule has 2 rings (SSSR count). The van der Waals surface area contributed by atoms with Gasteiger partial charge in [-0.05, 0) is 28.8 Å². The lowest BCUT2D eigenvalue weighted by Gasteiger charge is -2.32. The maximum atomic E-state index is 4.20. The first-order valence-electron chi connectivity index (χ1n) is 4.92. The molecule has 3 heteroatoms. The number of hydrogen-bond acceptors (Lipinski definition) is 1. The Morgan fingerprint density at radius 3 is 2.62 bits per heavy atom. The summed E-state index contributed by atoms with van der Waals surface area (Å²) in [6.45, 7) is 2.34. The average Bonchev–Trinajstić information content (AvgIpc) is 2.54. The summed E-state index contributed by atoms with van der Waals surface area (Å²) < 4.78 is 0.856. The second-order valence-electron chi connectivity index (χ2n) is 4.21. The van der Waals surface area contributed by atoms with Crippen molar-refractivity contribution in [2.45, 2.75) is 44.4 Å². The van der Waals surface area contributed by atoms with Crippen LogP contribution in [0.5, 0.6) is 0 Å². The largest absolute Gasteiger partial charge is 0.336 e. The van der Waals surface area contributed by atoms with Gasteiger partial charge in [-0.1, -0.05) is 26.2 Å². The highest BCUT2D eigenvalue weighted by Gasteiger charge is 2.30. The number of nitrogens with zero attached hydrogens (tertiary/aromatic N) is 1. The number of imidazole rings is 1. The van der Waals surface area contributed by atoms with Crippen molar-refractivity contribution in [3.63, 3.8) is 0 Å². The van der Waals surface area contributed by atoms with E-state index in [-0.39, 0.29) is 0 Å². The van der Waals surface area contributed by atoms with Gasteiger partial charge in [-0.25, -0.2) is 4.98 Å². The normalized spacial score (nSPS) is 21.7. The van der Waals surface area contributed by atoms with E-state index >= 15 is 0 Å². The molecule has 1 aromatic heterocycles. The lowest BCUT2D eigenvalue weighted by atomic mass is 9.74. The summed E-state index contributed by atoms with van der Waals surface area (Å²) in [4.78, 5) is 7.49. The number of rotatable bonds is 1. The maximum absolute atomic E-state index is 4.20. The molecular formula is C10H15BrN2. The molecule has 0 unspecified atom stereocenters. The van der Waals surface area contributed by atoms with Gasteiger partial charge in [-0.3, -0.25) is 0 Å². The zero-order chi connectivity index (χ0) is 9.31. The van der Waals surface area contributed by atoms with Crippen molar-refractivity contribution in [2.75, 3.05) is 0 Å². The summed E-state index contributed by atoms with van der Waals surface area (Å²) in [7, 11) is 0. The second-order valence-corrected chi connectivity index (χ2v) is 4.96. The van der Waals surface area contributed by atoms with Gasteiger partial charge in [-0.2, -0.15) is 0 Å². The zero-order valence-corrected chi connectivity index (χ0v) is 9.52. The van der Waals surface area contributed by atoms with Crippen LogP contribution in [0.15, 0.2) is 10.9 Å². The van der Waals surface area contributed by atoms with Gasteiger partial charge in [0.2, 0.25) is 0 Å². The minimum atomic E-state index is 0.345. The van der Waals surface area contributed by atoms with Crippen molar-refractivity contribution < 1.29 is 0 Å². The molecular weight excluding hydrogens is 228 g/mol. The van der Waals surface area contributed by atoms with E-state index in [9.17, 15) is 0 Å². The van der Waals surface area contributed by atoms with E-state index in [1.807, 2.05) is 6.20 Å². The molecule has 1 N–H and O–H groups in total. The van der Waals surface area contributed by atoms with Gasteiger partial charge < -0.3 is 4.98 Å². The van der Waals surface area contributed by atoms with Crippen LogP contribution in [0, 0.1) is 0 Å². The maximum Gasteiger partial charge on any atom is 0.174 e. The molecule has 1 aromatic rings. The van der Waals surface area contributed by atoms with Crippen molar-refractivity contribution in [1.29, 1.82) is 0 Å². The molecule has 0 bridgehead atoms. The van der Waals surface area contributed by atoms with E-state index in [0.29, 0.717) is 5.41 Å². The van der Waals surface area contributed by atoms with Crippen LogP contribution in [-0.4, -0.2) is 9.97 Å². The number of H-pyrrole nitrogens is 1. The van der Waals surface area contributed by atoms with Crippen LogP contribution in [0.2, 0.25) is 0 Å². The van der Waals surface area contributed by atoms with Gasteiger partial charge in [0.15, 0.2) is 4.73 Å². The van der Waals surface area contributed by atoms with E-state index in [4.69, 9.17) is 0 Å². The van der Waals surface area contributed by atoms with Crippen molar-refractivity contribution in [3.8, 4) is 0 Å². The smallest absolute Gasteiger partial charge is 0.174 e. The Morgan fingerprint density at radius 2 is 2.08 bits per heavy atom. The molecule has 0 spiro atoms. The molecule has 1 heterocycles. The standard InChI is InChI=1S/C10H15BrN2/c1-10(5-3-2-4-6-10)8-7-12-9(11)13-8/h7H,2-6H2,1H3,(H,12,13). The molecule has 0 saturated heterocycles. The monoisotopic (exact) mass is 242 g/mol. The predicted octanol–water partition coefficient (Wildman–Crippen LogP) is 3.39. The van der Waals surface area contributed by atoms with Crippen LogP contribution in [0.3, 0.4) is 0 Å². The van der Waals surface area contributed by atoms with Crippen molar-refractivity contribution in [2.24, 2.45) is 0 Å². The number of halogens is 1. The molecule has 13 heavy (non-hydrogen) atoms. The first-order chi connectivity index (χ1) is 6.21. The second kappa shape index (κ2) is 3.45. The molecule has 72 valence electrons. The van der Waals surface area contributed by atoms with E-state index in [1.165, 1.54) is 37.8 Å². The van der Waals surface area contributed by atoms with E-state index in [0.717, 1.165) is 4.73 Å². The SMILES string of the molecule is CC1(c2cnc(Br)[nH]2)CCCCC1. The Labute approximate surface area is 87.3 Å². The van der Waals surface area contributed by atoms with Gasteiger partial charge >= 0.3 is 0 Å². The van der Waals surface area contributed by atoms with E-state index < -0.39 is 0 Å². The summed E-state index contributed by atoms with van der Waals surface area (Å²) in [5.74, 6) is 0. The number of nitrogens with one attached hydrogen (secondary N) is 1. The first-order valence-corrected chi connectivity index (χ1v) is 5.71. The summed E-state index contributed by atoms with van der Waals surface area (Å²) in [5, 5.41) is 0. The third-order valence-electron chi connectivity index (χ3n) is 3.15. The van der Waals surface area contributed by atoms with E-state index in [1.54, 1.807) is 0 Å². The van der Waals surface area contributed by atoms with Crippen LogP contribution >= 0.6 is 15.9 Å². The topological polar surface area (TPSA) is 28.7 Å². The average molecular weight is 243 g/mol. The Kier molecular flexibility index (Phi) is 2.45. The third kappa shape index (κ3) is 1.80. The first kappa shape index (κ1) is 9.25. The van der Waals surface area contributed by atoms with Crippen LogP contribution in [-0.2, 0) is 5.41 Å². The molecule has 0 aromatic carbocycles. The Hall–Kier alpha value is -0.310. The fraction of sp³-hybridized carbons (Fsp3) is 0.700. The van der Waals surface area contributed by atoms with Crippen LogP contribution in [0.1, 0.15) is 44.7 Å². The lowest BCUT2D eigenvalue weighted by molar-refractivity contribution is 0.313. The molecule has 0 aliphatic heterocycles. The minimum Gasteiger partial charge on any atom is -0.336 e. The minimum absolute atomic E-state index is 0.345. The summed E-state index contributed by atoms with van der Waals surface area (Å²) in [6, 6.07) is 0. The lowest BCUT2D eigenvalue weighted by Crippen LogP contribution is -2.25. The number of aromatic nitrogens is 2. The third-order valence-corrected chi connectivity index (χ3v) is 3.56. The molecule has 0 radical (unpaired) electrons. The fourth-order valence-electron chi connectivity index (χ4n) is 2.21. The van der Waals surface area contributed by atoms with Gasteiger partial charge in [0.25, 0.3) is 0 Å². The summed E-state index contributed by atoms with van der Waals surface area (Å²) in [6.07, 6.45) is 8.66. The molecule has 1 aliphatic carbocycles. The summed E-state index contributed by atoms with van der Waals surface area (Å²) in [5.41, 5.74) is 1.64. The van der Waals surface area contributed by atoms with Crippen LogP contribution in [0.4, 0.5) is 0 Å².